The van der Waals surface area contributed by atoms with Gasteiger partial charge in [-0.1, -0.05) is 53.8 Å². The number of carbonyl (C=O) groups excluding carboxylic acids is 1. The molecule has 0 unspecified atom stereocenters. The second-order valence-corrected chi connectivity index (χ2v) is 11.2. The maximum atomic E-state index is 13.9. The van der Waals surface area contributed by atoms with E-state index in [0.717, 1.165) is 16.7 Å². The molecule has 0 saturated carbocycles. The minimum absolute atomic E-state index is 0.205. The van der Waals surface area contributed by atoms with Crippen molar-refractivity contribution in [3.05, 3.63) is 119 Å². The number of thiazole rings is 1. The monoisotopic (exact) mass is 648 g/mol. The summed E-state index contributed by atoms with van der Waals surface area (Å²) in [6, 6.07) is 20.1. The first-order valence-corrected chi connectivity index (χ1v) is 14.8. The van der Waals surface area contributed by atoms with Crippen molar-refractivity contribution < 1.29 is 23.7 Å². The zero-order valence-electron chi connectivity index (χ0n) is 23.5. The summed E-state index contributed by atoms with van der Waals surface area (Å²) in [5.74, 6) is 1.25. The second-order valence-electron chi connectivity index (χ2n) is 9.38. The van der Waals surface area contributed by atoms with Crippen molar-refractivity contribution in [2.24, 2.45) is 4.99 Å². The highest BCUT2D eigenvalue weighted by Gasteiger charge is 2.33. The SMILES string of the molecule is CCOC(=O)C1=C(C)N=c2s/c(=C\c3cc(Br)c(OCc4ccccc4)c(OC)c3)c(=O)n2[C@H]1c1ccc(OC)cc1. The fourth-order valence-corrected chi connectivity index (χ4v) is 6.36. The van der Waals surface area contributed by atoms with E-state index in [-0.39, 0.29) is 12.2 Å². The quantitative estimate of drug-likeness (QED) is 0.233. The number of fused-ring (bicyclic) bond motifs is 1. The number of methoxy groups -OCH3 is 2. The lowest BCUT2D eigenvalue weighted by Gasteiger charge is -2.24. The molecular formula is C32H29BrN2O6S. The van der Waals surface area contributed by atoms with Gasteiger partial charge in [0.05, 0.1) is 47.1 Å². The van der Waals surface area contributed by atoms with E-state index in [4.69, 9.17) is 18.9 Å². The molecule has 1 atom stereocenters. The van der Waals surface area contributed by atoms with Crippen LogP contribution in [-0.4, -0.2) is 31.4 Å². The molecule has 1 aliphatic heterocycles. The Morgan fingerprint density at radius 2 is 1.81 bits per heavy atom. The molecule has 0 N–H and O–H groups in total. The van der Waals surface area contributed by atoms with E-state index >= 15 is 0 Å². The Balaban J connectivity index is 1.58. The van der Waals surface area contributed by atoms with Crippen LogP contribution in [0.2, 0.25) is 0 Å². The summed E-state index contributed by atoms with van der Waals surface area (Å²) in [5, 5.41) is 0. The third kappa shape index (κ3) is 5.91. The number of hydrogen-bond donors (Lipinski definition) is 0. The van der Waals surface area contributed by atoms with Crippen molar-refractivity contribution in [2.45, 2.75) is 26.5 Å². The van der Waals surface area contributed by atoms with E-state index in [1.54, 1.807) is 50.8 Å². The van der Waals surface area contributed by atoms with E-state index in [1.807, 2.05) is 54.6 Å². The summed E-state index contributed by atoms with van der Waals surface area (Å²) in [5.41, 5.74) is 3.06. The molecule has 0 bridgehead atoms. The molecule has 8 nitrogen and oxygen atoms in total. The van der Waals surface area contributed by atoms with Crippen molar-refractivity contribution in [1.29, 1.82) is 0 Å². The summed E-state index contributed by atoms with van der Waals surface area (Å²) in [6.07, 6.45) is 1.78. The Morgan fingerprint density at radius 1 is 1.07 bits per heavy atom. The molecule has 0 amide bonds. The van der Waals surface area contributed by atoms with Gasteiger partial charge >= 0.3 is 5.97 Å². The smallest absolute Gasteiger partial charge is 0.338 e. The lowest BCUT2D eigenvalue weighted by molar-refractivity contribution is -0.139. The normalized spacial score (nSPS) is 14.7. The molecule has 1 aromatic heterocycles. The highest BCUT2D eigenvalue weighted by Crippen LogP contribution is 2.37. The van der Waals surface area contributed by atoms with Gasteiger partial charge in [-0.3, -0.25) is 9.36 Å². The van der Waals surface area contributed by atoms with Gasteiger partial charge in [0.2, 0.25) is 0 Å². The second kappa shape index (κ2) is 12.8. The maximum Gasteiger partial charge on any atom is 0.338 e. The van der Waals surface area contributed by atoms with E-state index in [2.05, 4.69) is 20.9 Å². The van der Waals surface area contributed by atoms with Crippen molar-refractivity contribution in [1.82, 2.24) is 4.57 Å². The average Bonchev–Trinajstić information content (AvgIpc) is 3.30. The number of hydrogen-bond acceptors (Lipinski definition) is 8. The molecular weight excluding hydrogens is 620 g/mol. The summed E-state index contributed by atoms with van der Waals surface area (Å²) in [4.78, 5) is 32.2. The third-order valence-electron chi connectivity index (χ3n) is 6.72. The fourth-order valence-electron chi connectivity index (χ4n) is 4.74. The lowest BCUT2D eigenvalue weighted by Crippen LogP contribution is -2.39. The number of carbonyl (C=O) groups is 1. The number of benzene rings is 3. The number of aromatic nitrogens is 1. The van der Waals surface area contributed by atoms with Crippen LogP contribution in [0.1, 0.15) is 36.6 Å². The number of ether oxygens (including phenoxy) is 4. The van der Waals surface area contributed by atoms with E-state index in [9.17, 15) is 9.59 Å². The first-order chi connectivity index (χ1) is 20.3. The van der Waals surface area contributed by atoms with Crippen LogP contribution in [0.4, 0.5) is 0 Å². The predicted octanol–water partition coefficient (Wildman–Crippen LogP) is 5.16. The van der Waals surface area contributed by atoms with Crippen molar-refractivity contribution in [3.8, 4) is 17.2 Å². The van der Waals surface area contributed by atoms with Crippen molar-refractivity contribution >= 4 is 39.3 Å². The Labute approximate surface area is 255 Å². The largest absolute Gasteiger partial charge is 0.497 e. The Morgan fingerprint density at radius 3 is 2.48 bits per heavy atom. The summed E-state index contributed by atoms with van der Waals surface area (Å²) in [6.45, 7) is 4.09. The van der Waals surface area contributed by atoms with Gasteiger partial charge in [-0.15, -0.1) is 0 Å². The summed E-state index contributed by atoms with van der Waals surface area (Å²) >= 11 is 4.86. The first-order valence-electron chi connectivity index (χ1n) is 13.2. The third-order valence-corrected chi connectivity index (χ3v) is 8.30. The van der Waals surface area contributed by atoms with Gasteiger partial charge in [0.15, 0.2) is 16.3 Å². The molecule has 0 fully saturated rings. The van der Waals surface area contributed by atoms with Gasteiger partial charge in [0, 0.05) is 0 Å². The zero-order chi connectivity index (χ0) is 29.8. The lowest BCUT2D eigenvalue weighted by atomic mass is 9.96. The maximum absolute atomic E-state index is 13.9. The van der Waals surface area contributed by atoms with Gasteiger partial charge < -0.3 is 18.9 Å². The number of nitrogens with zero attached hydrogens (tertiary/aromatic N) is 2. The van der Waals surface area contributed by atoms with Gasteiger partial charge in [0.25, 0.3) is 5.56 Å². The Hall–Kier alpha value is -4.15. The van der Waals surface area contributed by atoms with Gasteiger partial charge in [-0.25, -0.2) is 9.79 Å². The van der Waals surface area contributed by atoms with Crippen LogP contribution < -0.4 is 29.1 Å². The molecule has 5 rings (SSSR count). The molecule has 4 aromatic rings. The van der Waals surface area contributed by atoms with Gasteiger partial charge in [-0.05, 0) is 76.8 Å². The number of allylic oxidation sites excluding steroid dienone is 1. The van der Waals surface area contributed by atoms with Crippen LogP contribution >= 0.6 is 27.3 Å². The topological polar surface area (TPSA) is 88.4 Å². The standard InChI is InChI=1S/C32H29BrN2O6S/c1-5-40-31(37)27-19(2)34-32-35(28(27)22-11-13-23(38-3)14-12-22)30(36)26(42-32)17-21-15-24(33)29(25(16-21)39-4)41-18-20-9-7-6-8-10-20/h6-17,28H,5,18H2,1-4H3/b26-17-/t28-/m0/s1. The summed E-state index contributed by atoms with van der Waals surface area (Å²) in [7, 11) is 3.16. The summed E-state index contributed by atoms with van der Waals surface area (Å²) < 4.78 is 25.1. The molecule has 0 radical (unpaired) electrons. The Bertz CT molecular complexity index is 1830. The van der Waals surface area contributed by atoms with Gasteiger partial charge in [-0.2, -0.15) is 0 Å². The molecule has 1 aliphatic rings. The molecule has 42 heavy (non-hydrogen) atoms. The fraction of sp³-hybridized carbons (Fsp3) is 0.219. The van der Waals surface area contributed by atoms with Crippen molar-refractivity contribution in [2.75, 3.05) is 20.8 Å². The Kier molecular flexibility index (Phi) is 8.94. The number of rotatable bonds is 9. The minimum atomic E-state index is -0.705. The highest BCUT2D eigenvalue weighted by molar-refractivity contribution is 9.10. The van der Waals surface area contributed by atoms with Crippen LogP contribution in [-0.2, 0) is 16.1 Å². The highest BCUT2D eigenvalue weighted by atomic mass is 79.9. The zero-order valence-corrected chi connectivity index (χ0v) is 26.0. The molecule has 10 heteroatoms. The van der Waals surface area contributed by atoms with Crippen LogP contribution in [0.15, 0.2) is 92.3 Å². The van der Waals surface area contributed by atoms with E-state index < -0.39 is 12.0 Å². The average molecular weight is 650 g/mol. The van der Waals surface area contributed by atoms with Crippen LogP contribution in [0.25, 0.3) is 6.08 Å². The molecule has 3 aromatic carbocycles. The molecule has 216 valence electrons. The predicted molar refractivity (Wildman–Crippen MR) is 165 cm³/mol. The van der Waals surface area contributed by atoms with E-state index in [0.29, 0.717) is 48.9 Å². The minimum Gasteiger partial charge on any atom is -0.497 e. The molecule has 0 saturated heterocycles. The van der Waals surface area contributed by atoms with E-state index in [1.165, 1.54) is 11.3 Å². The molecule has 2 heterocycles. The van der Waals surface area contributed by atoms with Crippen LogP contribution in [0, 0.1) is 0 Å². The number of halogens is 1. The van der Waals surface area contributed by atoms with Crippen LogP contribution in [0.3, 0.4) is 0 Å². The molecule has 0 spiro atoms. The number of esters is 1. The molecule has 0 aliphatic carbocycles. The van der Waals surface area contributed by atoms with Crippen LogP contribution in [0.5, 0.6) is 17.2 Å². The van der Waals surface area contributed by atoms with Gasteiger partial charge in [0.1, 0.15) is 12.4 Å². The first kappa shape index (κ1) is 29.3. The van der Waals surface area contributed by atoms with Crippen molar-refractivity contribution in [3.63, 3.8) is 0 Å².